The first-order valence-electron chi connectivity index (χ1n) is 6.77. The van der Waals surface area contributed by atoms with E-state index in [0.29, 0.717) is 5.92 Å². The lowest BCUT2D eigenvalue weighted by Gasteiger charge is -2.32. The molecule has 1 aromatic heterocycles. The van der Waals surface area contributed by atoms with Crippen molar-refractivity contribution in [3.63, 3.8) is 0 Å². The van der Waals surface area contributed by atoms with Crippen LogP contribution in [0.25, 0.3) is 0 Å². The Morgan fingerprint density at radius 1 is 1.42 bits per heavy atom. The second-order valence-electron chi connectivity index (χ2n) is 5.14. The summed E-state index contributed by atoms with van der Waals surface area (Å²) in [6.07, 6.45) is 2.81. The summed E-state index contributed by atoms with van der Waals surface area (Å²) in [4.78, 5) is 0. The molecule has 1 aromatic carbocycles. The Morgan fingerprint density at radius 2 is 2.21 bits per heavy atom. The molecule has 0 radical (unpaired) electrons. The second-order valence-corrected chi connectivity index (χ2v) is 5.14. The van der Waals surface area contributed by atoms with Crippen LogP contribution in [0, 0.1) is 11.7 Å². The fourth-order valence-electron chi connectivity index (χ4n) is 2.83. The summed E-state index contributed by atoms with van der Waals surface area (Å²) in [7, 11) is 0. The van der Waals surface area contributed by atoms with Gasteiger partial charge in [0.2, 0.25) is 0 Å². The van der Waals surface area contributed by atoms with Crippen molar-refractivity contribution in [3.05, 3.63) is 47.4 Å². The van der Waals surface area contributed by atoms with Crippen molar-refractivity contribution in [3.8, 4) is 0 Å². The minimum Gasteiger partial charge on any atom is -0.370 e. The zero-order chi connectivity index (χ0) is 13.4. The Morgan fingerprint density at radius 3 is 2.95 bits per heavy atom. The van der Waals surface area contributed by atoms with Crippen LogP contribution >= 0.6 is 0 Å². The zero-order valence-corrected chi connectivity index (χ0v) is 11.2. The van der Waals surface area contributed by atoms with Gasteiger partial charge in [0, 0.05) is 23.6 Å². The molecule has 100 valence electrons. The standard InChI is InChI=1S/C15H18FN3/c1-3-11-9-18-19-14(10(2)8-17-15(11)19)12-6-4-5-7-13(12)16/h4-7,9-10,14,17H,3,8H2,1-2H3. The third-order valence-corrected chi connectivity index (χ3v) is 3.87. The maximum Gasteiger partial charge on any atom is 0.128 e. The van der Waals surface area contributed by atoms with E-state index in [1.165, 1.54) is 11.6 Å². The van der Waals surface area contributed by atoms with E-state index in [2.05, 4.69) is 24.3 Å². The van der Waals surface area contributed by atoms with Gasteiger partial charge in [0.05, 0.1) is 12.2 Å². The molecule has 4 heteroatoms. The normalized spacial score (nSPS) is 21.8. The number of fused-ring (bicyclic) bond motifs is 1. The van der Waals surface area contributed by atoms with Gasteiger partial charge < -0.3 is 5.32 Å². The van der Waals surface area contributed by atoms with E-state index >= 15 is 0 Å². The Hall–Kier alpha value is -1.84. The highest BCUT2D eigenvalue weighted by molar-refractivity contribution is 5.47. The van der Waals surface area contributed by atoms with Crippen LogP contribution in [0.4, 0.5) is 10.2 Å². The highest BCUT2D eigenvalue weighted by Gasteiger charge is 2.31. The maximum absolute atomic E-state index is 14.1. The lowest BCUT2D eigenvalue weighted by atomic mass is 9.92. The molecule has 1 aliphatic rings. The number of anilines is 1. The topological polar surface area (TPSA) is 29.9 Å². The van der Waals surface area contributed by atoms with E-state index in [1.807, 2.05) is 23.0 Å². The van der Waals surface area contributed by atoms with E-state index in [0.717, 1.165) is 24.3 Å². The highest BCUT2D eigenvalue weighted by Crippen LogP contribution is 2.35. The smallest absolute Gasteiger partial charge is 0.128 e. The molecule has 0 bridgehead atoms. The van der Waals surface area contributed by atoms with Crippen LogP contribution in [-0.4, -0.2) is 16.3 Å². The number of nitrogens with zero attached hydrogens (tertiary/aromatic N) is 2. The predicted octanol–water partition coefficient (Wildman–Crippen LogP) is 3.24. The van der Waals surface area contributed by atoms with Crippen molar-refractivity contribution in [2.75, 3.05) is 11.9 Å². The van der Waals surface area contributed by atoms with Crippen LogP contribution in [0.15, 0.2) is 30.5 Å². The van der Waals surface area contributed by atoms with E-state index in [1.54, 1.807) is 6.07 Å². The summed E-state index contributed by atoms with van der Waals surface area (Å²) < 4.78 is 16.0. The van der Waals surface area contributed by atoms with E-state index in [4.69, 9.17) is 0 Å². The zero-order valence-electron chi connectivity index (χ0n) is 11.2. The van der Waals surface area contributed by atoms with Gasteiger partial charge in [-0.15, -0.1) is 0 Å². The molecule has 0 spiro atoms. The maximum atomic E-state index is 14.1. The first-order chi connectivity index (χ1) is 9.22. The van der Waals surface area contributed by atoms with Gasteiger partial charge >= 0.3 is 0 Å². The monoisotopic (exact) mass is 259 g/mol. The van der Waals surface area contributed by atoms with Gasteiger partial charge in [-0.2, -0.15) is 5.10 Å². The average Bonchev–Trinajstić information content (AvgIpc) is 2.83. The van der Waals surface area contributed by atoms with Gasteiger partial charge in [0.25, 0.3) is 0 Å². The van der Waals surface area contributed by atoms with E-state index < -0.39 is 0 Å². The quantitative estimate of drug-likeness (QED) is 0.897. The molecule has 1 N–H and O–H groups in total. The molecule has 0 aliphatic carbocycles. The molecule has 2 heterocycles. The second kappa shape index (κ2) is 4.68. The van der Waals surface area contributed by atoms with Gasteiger partial charge in [-0.25, -0.2) is 9.07 Å². The molecule has 19 heavy (non-hydrogen) atoms. The fraction of sp³-hybridized carbons (Fsp3) is 0.400. The van der Waals surface area contributed by atoms with Gasteiger partial charge in [-0.3, -0.25) is 0 Å². The van der Waals surface area contributed by atoms with Gasteiger partial charge in [0.1, 0.15) is 11.6 Å². The number of benzene rings is 1. The number of rotatable bonds is 2. The van der Waals surface area contributed by atoms with Crippen molar-refractivity contribution in [2.45, 2.75) is 26.3 Å². The molecule has 1 aliphatic heterocycles. The van der Waals surface area contributed by atoms with Crippen LogP contribution in [0.3, 0.4) is 0 Å². The van der Waals surface area contributed by atoms with E-state index in [-0.39, 0.29) is 11.9 Å². The van der Waals surface area contributed by atoms with Crippen LogP contribution in [0.2, 0.25) is 0 Å². The third kappa shape index (κ3) is 1.91. The van der Waals surface area contributed by atoms with Gasteiger partial charge in [-0.1, -0.05) is 32.0 Å². The lowest BCUT2D eigenvalue weighted by molar-refractivity contribution is 0.361. The van der Waals surface area contributed by atoms with Crippen LogP contribution in [-0.2, 0) is 6.42 Å². The third-order valence-electron chi connectivity index (χ3n) is 3.87. The predicted molar refractivity (Wildman–Crippen MR) is 73.8 cm³/mol. The number of aryl methyl sites for hydroxylation is 1. The van der Waals surface area contributed by atoms with Gasteiger partial charge in [-0.05, 0) is 12.5 Å². The Labute approximate surface area is 112 Å². The Balaban J connectivity index is 2.12. The summed E-state index contributed by atoms with van der Waals surface area (Å²) in [6.45, 7) is 5.08. The fourth-order valence-corrected chi connectivity index (χ4v) is 2.83. The number of hydrogen-bond donors (Lipinski definition) is 1. The van der Waals surface area contributed by atoms with Crippen LogP contribution in [0.5, 0.6) is 0 Å². The minimum atomic E-state index is -0.152. The molecule has 0 saturated carbocycles. The molecule has 3 nitrogen and oxygen atoms in total. The molecule has 0 amide bonds. The van der Waals surface area contributed by atoms with Crippen molar-refractivity contribution in [1.29, 1.82) is 0 Å². The Bertz CT molecular complexity index is 591. The molecule has 2 atom stereocenters. The summed E-state index contributed by atoms with van der Waals surface area (Å²) >= 11 is 0. The SMILES string of the molecule is CCc1cnn2c1NCC(C)C2c1ccccc1F. The lowest BCUT2D eigenvalue weighted by Crippen LogP contribution is -2.32. The summed E-state index contributed by atoms with van der Waals surface area (Å²) in [6, 6.07) is 6.97. The van der Waals surface area contributed by atoms with Crippen molar-refractivity contribution < 1.29 is 4.39 Å². The first kappa shape index (κ1) is 12.2. The molecular formula is C15H18FN3. The van der Waals surface area contributed by atoms with Gasteiger partial charge in [0.15, 0.2) is 0 Å². The van der Waals surface area contributed by atoms with Crippen molar-refractivity contribution in [2.24, 2.45) is 5.92 Å². The Kier molecular flexibility index (Phi) is 3.01. The molecule has 0 saturated heterocycles. The molecular weight excluding hydrogens is 241 g/mol. The number of nitrogens with one attached hydrogen (secondary N) is 1. The molecule has 2 unspecified atom stereocenters. The number of aromatic nitrogens is 2. The average molecular weight is 259 g/mol. The number of halogens is 1. The van der Waals surface area contributed by atoms with Crippen molar-refractivity contribution in [1.82, 2.24) is 9.78 Å². The largest absolute Gasteiger partial charge is 0.370 e. The molecule has 2 aromatic rings. The molecule has 3 rings (SSSR count). The first-order valence-corrected chi connectivity index (χ1v) is 6.77. The summed E-state index contributed by atoms with van der Waals surface area (Å²) in [5, 5.41) is 7.87. The van der Waals surface area contributed by atoms with Crippen LogP contribution < -0.4 is 5.32 Å². The summed E-state index contributed by atoms with van der Waals surface area (Å²) in [5.41, 5.74) is 1.91. The highest BCUT2D eigenvalue weighted by atomic mass is 19.1. The number of hydrogen-bond acceptors (Lipinski definition) is 2. The van der Waals surface area contributed by atoms with Crippen molar-refractivity contribution >= 4 is 5.82 Å². The van der Waals surface area contributed by atoms with Crippen LogP contribution in [0.1, 0.15) is 31.0 Å². The minimum absolute atomic E-state index is 0.0299. The van der Waals surface area contributed by atoms with E-state index in [9.17, 15) is 4.39 Å². The summed E-state index contributed by atoms with van der Waals surface area (Å²) in [5.74, 6) is 1.18. The molecule has 0 fully saturated rings.